The highest BCUT2D eigenvalue weighted by molar-refractivity contribution is 6.31. The molecule has 0 atom stereocenters. The molecule has 0 saturated carbocycles. The van der Waals surface area contributed by atoms with Crippen LogP contribution in [0.2, 0.25) is 0 Å². The Morgan fingerprint density at radius 3 is 2.11 bits per heavy atom. The number of hydrogen-bond donors (Lipinski definition) is 0. The van der Waals surface area contributed by atoms with Crippen LogP contribution in [-0.2, 0) is 9.59 Å². The Kier molecular flexibility index (Phi) is 3.84. The van der Waals surface area contributed by atoms with Crippen molar-refractivity contribution >= 4 is 46.3 Å². The maximum absolute atomic E-state index is 11.5. The topological polar surface area (TPSA) is 37.4 Å². The molecule has 92 valence electrons. The van der Waals surface area contributed by atoms with Crippen molar-refractivity contribution in [3.05, 3.63) is 47.5 Å². The lowest BCUT2D eigenvalue weighted by molar-refractivity contribution is -0.119. The molecular weight excluding hydrogens is 273 g/mol. The standard InChI is InChI=1S/C13H9Cl2NO2/c14-7-10(8-15)9-1-3-11(4-2-9)16-12(17)5-6-13(16)18/h1-7H,8H2. The number of benzene rings is 1. The van der Waals surface area contributed by atoms with E-state index in [-0.39, 0.29) is 11.8 Å². The van der Waals surface area contributed by atoms with Gasteiger partial charge in [-0.05, 0) is 23.3 Å². The second-order valence-electron chi connectivity index (χ2n) is 3.66. The fourth-order valence-electron chi connectivity index (χ4n) is 1.65. The predicted molar refractivity (Wildman–Crippen MR) is 72.6 cm³/mol. The number of allylic oxidation sites excluding steroid dienone is 1. The minimum absolute atomic E-state index is 0.298. The maximum atomic E-state index is 11.5. The van der Waals surface area contributed by atoms with Crippen molar-refractivity contribution in [2.24, 2.45) is 0 Å². The van der Waals surface area contributed by atoms with E-state index < -0.39 is 0 Å². The summed E-state index contributed by atoms with van der Waals surface area (Å²) in [5.41, 5.74) is 3.58. The average molecular weight is 282 g/mol. The highest BCUT2D eigenvalue weighted by Gasteiger charge is 2.24. The van der Waals surface area contributed by atoms with Crippen LogP contribution in [-0.4, -0.2) is 17.7 Å². The summed E-state index contributed by atoms with van der Waals surface area (Å²) in [5, 5.41) is 0. The Hall–Kier alpha value is -1.58. The highest BCUT2D eigenvalue weighted by Crippen LogP contribution is 2.23. The molecule has 0 aliphatic carbocycles. The smallest absolute Gasteiger partial charge is 0.258 e. The summed E-state index contributed by atoms with van der Waals surface area (Å²) in [6.45, 7) is 0. The van der Waals surface area contributed by atoms with E-state index >= 15 is 0 Å². The molecule has 0 spiro atoms. The number of nitrogens with zero attached hydrogens (tertiary/aromatic N) is 1. The molecule has 0 fully saturated rings. The summed E-state index contributed by atoms with van der Waals surface area (Å²) in [6, 6.07) is 6.91. The number of hydrogen-bond acceptors (Lipinski definition) is 2. The zero-order valence-electron chi connectivity index (χ0n) is 9.27. The summed E-state index contributed by atoms with van der Waals surface area (Å²) >= 11 is 11.4. The van der Waals surface area contributed by atoms with E-state index in [1.54, 1.807) is 24.3 Å². The van der Waals surface area contributed by atoms with Gasteiger partial charge < -0.3 is 0 Å². The van der Waals surface area contributed by atoms with Crippen molar-refractivity contribution in [2.75, 3.05) is 10.8 Å². The second-order valence-corrected chi connectivity index (χ2v) is 4.15. The minimum atomic E-state index is -0.335. The van der Waals surface area contributed by atoms with Crippen LogP contribution in [0.3, 0.4) is 0 Å². The zero-order chi connectivity index (χ0) is 13.1. The van der Waals surface area contributed by atoms with Gasteiger partial charge in [0, 0.05) is 23.6 Å². The van der Waals surface area contributed by atoms with E-state index in [2.05, 4.69) is 0 Å². The van der Waals surface area contributed by atoms with Gasteiger partial charge in [-0.3, -0.25) is 9.59 Å². The lowest BCUT2D eigenvalue weighted by Crippen LogP contribution is -2.29. The molecule has 0 saturated heterocycles. The van der Waals surface area contributed by atoms with Crippen molar-refractivity contribution in [3.8, 4) is 0 Å². The third-order valence-electron chi connectivity index (χ3n) is 2.58. The molecule has 1 aliphatic heterocycles. The molecular formula is C13H9Cl2NO2. The third-order valence-corrected chi connectivity index (χ3v) is 3.13. The van der Waals surface area contributed by atoms with E-state index in [0.29, 0.717) is 11.6 Å². The van der Waals surface area contributed by atoms with Gasteiger partial charge in [-0.25, -0.2) is 4.90 Å². The Morgan fingerprint density at radius 1 is 1.11 bits per heavy atom. The second kappa shape index (κ2) is 5.38. The predicted octanol–water partition coefficient (Wildman–Crippen LogP) is 2.93. The van der Waals surface area contributed by atoms with Crippen LogP contribution >= 0.6 is 23.2 Å². The molecule has 2 amide bonds. The van der Waals surface area contributed by atoms with E-state index in [9.17, 15) is 9.59 Å². The third kappa shape index (κ3) is 2.33. The number of carbonyl (C=O) groups is 2. The van der Waals surface area contributed by atoms with E-state index in [1.165, 1.54) is 17.7 Å². The molecule has 0 bridgehead atoms. The highest BCUT2D eigenvalue weighted by atomic mass is 35.5. The Morgan fingerprint density at radius 2 is 1.67 bits per heavy atom. The van der Waals surface area contributed by atoms with Gasteiger partial charge in [0.05, 0.1) is 5.69 Å². The fraction of sp³-hybridized carbons (Fsp3) is 0.0769. The lowest BCUT2D eigenvalue weighted by atomic mass is 10.1. The van der Waals surface area contributed by atoms with E-state index in [1.807, 2.05) is 0 Å². The number of halogens is 2. The Labute approximate surface area is 114 Å². The molecule has 3 nitrogen and oxygen atoms in total. The molecule has 0 aromatic heterocycles. The van der Waals surface area contributed by atoms with Crippen molar-refractivity contribution < 1.29 is 9.59 Å². The van der Waals surface area contributed by atoms with Gasteiger partial charge in [0.2, 0.25) is 0 Å². The SMILES string of the molecule is O=C1C=CC(=O)N1c1ccc(C(=CCl)CCl)cc1. The molecule has 1 aliphatic rings. The average Bonchev–Trinajstić information content (AvgIpc) is 2.72. The number of anilines is 1. The maximum Gasteiger partial charge on any atom is 0.258 e. The minimum Gasteiger partial charge on any atom is -0.269 e. The molecule has 1 aromatic carbocycles. The molecule has 0 radical (unpaired) electrons. The van der Waals surface area contributed by atoms with Crippen LogP contribution in [0, 0.1) is 0 Å². The summed E-state index contributed by atoms with van der Waals surface area (Å²) in [5.74, 6) is -0.372. The van der Waals surface area contributed by atoms with Gasteiger partial charge in [0.25, 0.3) is 11.8 Å². The quantitative estimate of drug-likeness (QED) is 0.631. The first kappa shape index (κ1) is 12.9. The van der Waals surface area contributed by atoms with Crippen molar-refractivity contribution in [2.45, 2.75) is 0 Å². The van der Waals surface area contributed by atoms with Gasteiger partial charge in [-0.15, -0.1) is 11.6 Å². The molecule has 1 aromatic rings. The lowest BCUT2D eigenvalue weighted by Gasteiger charge is -2.14. The Balaban J connectivity index is 2.28. The molecule has 5 heteroatoms. The van der Waals surface area contributed by atoms with Crippen molar-refractivity contribution in [1.29, 1.82) is 0 Å². The van der Waals surface area contributed by atoms with E-state index in [4.69, 9.17) is 23.2 Å². The zero-order valence-corrected chi connectivity index (χ0v) is 10.8. The van der Waals surface area contributed by atoms with Crippen LogP contribution < -0.4 is 4.90 Å². The van der Waals surface area contributed by atoms with Crippen LogP contribution in [0.5, 0.6) is 0 Å². The summed E-state index contributed by atoms with van der Waals surface area (Å²) < 4.78 is 0. The van der Waals surface area contributed by atoms with Crippen LogP contribution in [0.15, 0.2) is 42.0 Å². The monoisotopic (exact) mass is 281 g/mol. The van der Waals surface area contributed by atoms with Gasteiger partial charge >= 0.3 is 0 Å². The molecule has 0 N–H and O–H groups in total. The van der Waals surface area contributed by atoms with E-state index in [0.717, 1.165) is 16.0 Å². The molecule has 0 unspecified atom stereocenters. The molecule has 18 heavy (non-hydrogen) atoms. The first-order valence-electron chi connectivity index (χ1n) is 5.19. The first-order valence-corrected chi connectivity index (χ1v) is 6.16. The van der Waals surface area contributed by atoms with Crippen LogP contribution in [0.1, 0.15) is 5.56 Å². The first-order chi connectivity index (χ1) is 8.67. The normalized spacial score (nSPS) is 15.7. The number of rotatable bonds is 3. The molecule has 1 heterocycles. The largest absolute Gasteiger partial charge is 0.269 e. The summed E-state index contributed by atoms with van der Waals surface area (Å²) in [7, 11) is 0. The number of imide groups is 1. The van der Waals surface area contributed by atoms with Crippen LogP contribution in [0.4, 0.5) is 5.69 Å². The number of carbonyl (C=O) groups excluding carboxylic acids is 2. The summed E-state index contributed by atoms with van der Waals surface area (Å²) in [6.07, 6.45) is 2.50. The van der Waals surface area contributed by atoms with Crippen LogP contribution in [0.25, 0.3) is 5.57 Å². The Bertz CT molecular complexity index is 529. The van der Waals surface area contributed by atoms with Gasteiger partial charge in [0.15, 0.2) is 0 Å². The fourth-order valence-corrected chi connectivity index (χ4v) is 2.16. The number of amides is 2. The number of alkyl halides is 1. The van der Waals surface area contributed by atoms with Crippen molar-refractivity contribution in [1.82, 2.24) is 0 Å². The van der Waals surface area contributed by atoms with Crippen molar-refractivity contribution in [3.63, 3.8) is 0 Å². The van der Waals surface area contributed by atoms with Gasteiger partial charge in [0.1, 0.15) is 0 Å². The molecule has 2 rings (SSSR count). The van der Waals surface area contributed by atoms with Gasteiger partial charge in [-0.2, -0.15) is 0 Å². The van der Waals surface area contributed by atoms with Gasteiger partial charge in [-0.1, -0.05) is 23.7 Å². The summed E-state index contributed by atoms with van der Waals surface area (Å²) in [4.78, 5) is 24.1.